The normalized spacial score (nSPS) is 11.4. The van der Waals surface area contributed by atoms with E-state index in [0.29, 0.717) is 40.4 Å². The Balaban J connectivity index is 1.56. The first kappa shape index (κ1) is 32.2. The van der Waals surface area contributed by atoms with E-state index in [9.17, 15) is 14.9 Å². The van der Waals surface area contributed by atoms with E-state index in [1.165, 1.54) is 23.0 Å². The number of ether oxygens (including phenoxy) is 3. The van der Waals surface area contributed by atoms with Gasteiger partial charge in [0.25, 0.3) is 11.2 Å². The first-order valence-electron chi connectivity index (χ1n) is 14.7. The first-order chi connectivity index (χ1) is 22.1. The number of para-hydroxylation sites is 1. The molecule has 0 aliphatic heterocycles. The summed E-state index contributed by atoms with van der Waals surface area (Å²) in [5.41, 5.74) is 4.14. The van der Waals surface area contributed by atoms with E-state index in [4.69, 9.17) is 30.8 Å². The van der Waals surface area contributed by atoms with E-state index in [1.807, 2.05) is 32.0 Å². The van der Waals surface area contributed by atoms with E-state index >= 15 is 0 Å². The number of aryl methyl sites for hydroxylation is 1. The third-order valence-corrected chi connectivity index (χ3v) is 7.66. The van der Waals surface area contributed by atoms with Crippen LogP contribution in [0.4, 0.5) is 5.69 Å². The topological polar surface area (TPSA) is 118 Å². The molecule has 0 atom stereocenters. The van der Waals surface area contributed by atoms with E-state index < -0.39 is 4.92 Å². The fraction of sp³-hybridized carbons (Fsp3) is 0.229. The molecule has 0 saturated carbocycles. The average Bonchev–Trinajstić information content (AvgIpc) is 3.04. The van der Waals surface area contributed by atoms with Crippen molar-refractivity contribution in [2.45, 2.75) is 40.2 Å². The Morgan fingerprint density at radius 2 is 1.78 bits per heavy atom. The van der Waals surface area contributed by atoms with Gasteiger partial charge < -0.3 is 14.2 Å². The van der Waals surface area contributed by atoms with Gasteiger partial charge >= 0.3 is 0 Å². The second kappa shape index (κ2) is 13.8. The predicted molar refractivity (Wildman–Crippen MR) is 180 cm³/mol. The van der Waals surface area contributed by atoms with Gasteiger partial charge in [0.1, 0.15) is 12.4 Å². The number of non-ortho nitro benzene ring substituents is 1. The summed E-state index contributed by atoms with van der Waals surface area (Å²) in [4.78, 5) is 29.2. The molecule has 1 heterocycles. The molecule has 5 rings (SSSR count). The van der Waals surface area contributed by atoms with Gasteiger partial charge in [-0.2, -0.15) is 9.78 Å². The molecular weight excluding hydrogens is 608 g/mol. The lowest BCUT2D eigenvalue weighted by molar-refractivity contribution is -0.384. The molecule has 0 fully saturated rings. The second-order valence-electron chi connectivity index (χ2n) is 10.9. The summed E-state index contributed by atoms with van der Waals surface area (Å²) in [6, 6.07) is 20.6. The molecule has 5 aromatic rings. The highest BCUT2D eigenvalue weighted by molar-refractivity contribution is 6.32. The summed E-state index contributed by atoms with van der Waals surface area (Å²) in [6.07, 6.45) is 1.53. The Morgan fingerprint density at radius 1 is 1.04 bits per heavy atom. The summed E-state index contributed by atoms with van der Waals surface area (Å²) in [5.74, 6) is 2.03. The van der Waals surface area contributed by atoms with Crippen molar-refractivity contribution in [3.05, 3.63) is 121 Å². The van der Waals surface area contributed by atoms with Crippen molar-refractivity contribution < 1.29 is 19.1 Å². The van der Waals surface area contributed by atoms with Gasteiger partial charge in [-0.05, 0) is 90.6 Å². The molecule has 236 valence electrons. The quantitative estimate of drug-likeness (QED) is 0.0817. The zero-order valence-corrected chi connectivity index (χ0v) is 26.9. The number of rotatable bonds is 11. The predicted octanol–water partition coefficient (Wildman–Crippen LogP) is 7.93. The van der Waals surface area contributed by atoms with Gasteiger partial charge in [0.2, 0.25) is 0 Å². The lowest BCUT2D eigenvalue weighted by Crippen LogP contribution is -2.20. The van der Waals surface area contributed by atoms with Crippen LogP contribution in [-0.4, -0.2) is 34.5 Å². The Bertz CT molecular complexity index is 2000. The number of methoxy groups -OCH3 is 1. The molecule has 0 aliphatic carbocycles. The number of aromatic nitrogens is 2. The van der Waals surface area contributed by atoms with Gasteiger partial charge in [-0.3, -0.25) is 14.9 Å². The third kappa shape index (κ3) is 6.72. The Kier molecular flexibility index (Phi) is 9.67. The average molecular weight is 641 g/mol. The number of hydrogen-bond donors (Lipinski definition) is 0. The first-order valence-corrected chi connectivity index (χ1v) is 15.1. The van der Waals surface area contributed by atoms with Crippen LogP contribution in [0.2, 0.25) is 5.02 Å². The van der Waals surface area contributed by atoms with Gasteiger partial charge in [0.15, 0.2) is 17.3 Å². The van der Waals surface area contributed by atoms with E-state index in [0.717, 1.165) is 28.0 Å². The van der Waals surface area contributed by atoms with E-state index in [1.54, 1.807) is 49.6 Å². The minimum Gasteiger partial charge on any atom is -0.496 e. The number of nitrogens with zero attached hydrogens (tertiary/aromatic N) is 4. The number of fused-ring (bicyclic) bond motifs is 1. The number of nitro benzene ring substituents is 1. The maximum Gasteiger partial charge on any atom is 0.282 e. The third-order valence-electron chi connectivity index (χ3n) is 7.38. The zero-order valence-electron chi connectivity index (χ0n) is 26.1. The largest absolute Gasteiger partial charge is 0.496 e. The Morgan fingerprint density at radius 3 is 2.46 bits per heavy atom. The number of nitro groups is 1. The van der Waals surface area contributed by atoms with Crippen LogP contribution in [0.3, 0.4) is 0 Å². The highest BCUT2D eigenvalue weighted by Gasteiger charge is 2.19. The molecular formula is C35H33ClN4O6. The molecule has 0 N–H and O–H groups in total. The maximum absolute atomic E-state index is 13.8. The van der Waals surface area contributed by atoms with Crippen molar-refractivity contribution in [3.8, 4) is 28.6 Å². The fourth-order valence-electron chi connectivity index (χ4n) is 5.03. The molecule has 0 spiro atoms. The molecule has 1 aromatic heterocycles. The van der Waals surface area contributed by atoms with Crippen LogP contribution < -0.4 is 19.8 Å². The molecule has 0 unspecified atom stereocenters. The molecule has 0 radical (unpaired) electrons. The van der Waals surface area contributed by atoms with Crippen molar-refractivity contribution in [1.29, 1.82) is 0 Å². The van der Waals surface area contributed by atoms with Crippen molar-refractivity contribution in [2.75, 3.05) is 13.7 Å². The molecule has 0 amide bonds. The van der Waals surface area contributed by atoms with Gasteiger partial charge in [0, 0.05) is 17.7 Å². The minimum atomic E-state index is -0.457. The summed E-state index contributed by atoms with van der Waals surface area (Å²) in [7, 11) is 1.64. The van der Waals surface area contributed by atoms with Crippen LogP contribution in [0.25, 0.3) is 22.3 Å². The Hall–Kier alpha value is -5.22. The number of hydrogen-bond acceptors (Lipinski definition) is 8. The van der Waals surface area contributed by atoms with Gasteiger partial charge in [0.05, 0.1) is 40.8 Å². The van der Waals surface area contributed by atoms with Crippen LogP contribution in [0.15, 0.2) is 82.7 Å². The van der Waals surface area contributed by atoms with Crippen molar-refractivity contribution >= 4 is 34.4 Å². The molecule has 4 aromatic carbocycles. The van der Waals surface area contributed by atoms with Crippen LogP contribution >= 0.6 is 11.6 Å². The molecule has 0 saturated heterocycles. The van der Waals surface area contributed by atoms with Crippen LogP contribution in [0.1, 0.15) is 48.9 Å². The summed E-state index contributed by atoms with van der Waals surface area (Å²) in [6.45, 7) is 8.40. The van der Waals surface area contributed by atoms with Crippen molar-refractivity contribution in [1.82, 2.24) is 9.66 Å². The molecule has 10 nitrogen and oxygen atoms in total. The molecule has 46 heavy (non-hydrogen) atoms. The summed E-state index contributed by atoms with van der Waals surface area (Å²) >= 11 is 6.67. The second-order valence-corrected chi connectivity index (χ2v) is 11.3. The number of halogens is 1. The smallest absolute Gasteiger partial charge is 0.282 e. The molecule has 0 aliphatic rings. The van der Waals surface area contributed by atoms with Crippen LogP contribution in [-0.2, 0) is 6.61 Å². The van der Waals surface area contributed by atoms with Gasteiger partial charge in [-0.15, -0.1) is 0 Å². The zero-order chi connectivity index (χ0) is 33.0. The number of benzene rings is 4. The molecule has 11 heteroatoms. The van der Waals surface area contributed by atoms with Crippen molar-refractivity contribution in [3.63, 3.8) is 0 Å². The van der Waals surface area contributed by atoms with Gasteiger partial charge in [-0.1, -0.05) is 37.6 Å². The minimum absolute atomic E-state index is 0.00757. The Labute approximate surface area is 271 Å². The standard InChI is InChI=1S/C35H33ClN4O6/c1-6-45-32-17-24(16-29(36)33(32)46-20-23-11-13-25(14-12-23)40(42)43)19-37-39-34(38-30-10-8-7-9-26(30)35(39)41)28-18-27(21(2)3)31(44-5)15-22(28)4/h7-19,21H,6,20H2,1-5H3. The van der Waals surface area contributed by atoms with Gasteiger partial charge in [-0.25, -0.2) is 4.98 Å². The summed E-state index contributed by atoms with van der Waals surface area (Å²) in [5, 5.41) is 16.3. The highest BCUT2D eigenvalue weighted by Crippen LogP contribution is 2.37. The SMILES string of the molecule is CCOc1cc(C=Nn2c(-c3cc(C(C)C)c(OC)cc3C)nc3ccccc3c2=O)cc(Cl)c1OCc1ccc([N+](=O)[O-])cc1. The lowest BCUT2D eigenvalue weighted by atomic mass is 9.96. The van der Waals surface area contributed by atoms with Crippen LogP contribution in [0, 0.1) is 17.0 Å². The fourth-order valence-corrected chi connectivity index (χ4v) is 5.31. The van der Waals surface area contributed by atoms with Crippen molar-refractivity contribution in [2.24, 2.45) is 5.10 Å². The van der Waals surface area contributed by atoms with E-state index in [2.05, 4.69) is 18.9 Å². The maximum atomic E-state index is 13.8. The van der Waals surface area contributed by atoms with Crippen LogP contribution in [0.5, 0.6) is 17.2 Å². The van der Waals surface area contributed by atoms with E-state index in [-0.39, 0.29) is 28.8 Å². The monoisotopic (exact) mass is 640 g/mol. The highest BCUT2D eigenvalue weighted by atomic mass is 35.5. The lowest BCUT2D eigenvalue weighted by Gasteiger charge is -2.17. The molecule has 0 bridgehead atoms. The summed E-state index contributed by atoms with van der Waals surface area (Å²) < 4.78 is 18.8.